The maximum absolute atomic E-state index is 11.0. The molecule has 0 fully saturated rings. The van der Waals surface area contributed by atoms with Gasteiger partial charge in [0.05, 0.1) is 16.6 Å². The Kier molecular flexibility index (Phi) is 8.72. The fourth-order valence-corrected chi connectivity index (χ4v) is 3.98. The minimum absolute atomic E-state index is 0.0997. The van der Waals surface area contributed by atoms with Gasteiger partial charge >= 0.3 is 6.00 Å². The van der Waals surface area contributed by atoms with E-state index in [9.17, 15) is 10.1 Å². The molecule has 0 radical (unpaired) electrons. The predicted molar refractivity (Wildman–Crippen MR) is 94.1 cm³/mol. The van der Waals surface area contributed by atoms with E-state index in [1.165, 1.54) is 6.07 Å². The molecular weight excluding hydrogens is 365 g/mol. The smallest absolute Gasteiger partial charge is 0.341 e. The van der Waals surface area contributed by atoms with Gasteiger partial charge in [-0.05, 0) is 25.5 Å². The first kappa shape index (κ1) is 19.7. The predicted octanol–water partition coefficient (Wildman–Crippen LogP) is 5.89. The van der Waals surface area contributed by atoms with Crippen LogP contribution in [0, 0.1) is 10.1 Å². The van der Waals surface area contributed by atoms with E-state index in [-0.39, 0.29) is 16.7 Å². The largest absolute Gasteiger partial charge is 0.374 e. The van der Waals surface area contributed by atoms with Crippen LogP contribution in [0.15, 0.2) is 24.3 Å². The van der Waals surface area contributed by atoms with Gasteiger partial charge in [-0.15, -0.1) is 33.2 Å². The molecule has 0 saturated carbocycles. The molecule has 1 aromatic rings. The average Bonchev–Trinajstić information content (AvgIpc) is 2.44. The molecule has 0 saturated heterocycles. The molecule has 4 nitrogen and oxygen atoms in total. The zero-order valence-corrected chi connectivity index (χ0v) is 15.7. The molecule has 1 aromatic carbocycles. The maximum Gasteiger partial charge on any atom is 0.341 e. The van der Waals surface area contributed by atoms with Crippen LogP contribution in [-0.4, -0.2) is 17.5 Å². The van der Waals surface area contributed by atoms with Crippen LogP contribution < -0.4 is 0 Å². The minimum Gasteiger partial charge on any atom is -0.374 e. The van der Waals surface area contributed by atoms with Crippen LogP contribution in [0.25, 0.3) is 0 Å². The second-order valence-electron chi connectivity index (χ2n) is 5.11. The number of ether oxygens (including phenoxy) is 1. The first-order valence-corrected chi connectivity index (χ1v) is 12.5. The molecule has 0 amide bonds. The lowest BCUT2D eigenvalue weighted by molar-refractivity contribution is -0.386. The van der Waals surface area contributed by atoms with Crippen LogP contribution in [0.3, 0.4) is 0 Å². The molecule has 0 N–H and O–H groups in total. The molecule has 0 aromatic heterocycles. The van der Waals surface area contributed by atoms with E-state index in [4.69, 9.17) is 38.0 Å². The standard InChI is InChI=1S/C14H20Cl3NO3Si/c1-12(13-8-4-5-9-14(13)18(19)20)21-10-6-2-3-7-11-22(15,16)17/h4-5,8-9,12H,2-3,6-7,10-11H2,1H3. The SMILES string of the molecule is CC(OCCCCCC[Si](Cl)(Cl)Cl)c1ccccc1[N+](=O)[O-]. The monoisotopic (exact) mass is 383 g/mol. The molecule has 1 rings (SSSR count). The summed E-state index contributed by atoms with van der Waals surface area (Å²) >= 11 is 17.4. The van der Waals surface area contributed by atoms with E-state index in [0.717, 1.165) is 25.7 Å². The van der Waals surface area contributed by atoms with Gasteiger partial charge in [-0.3, -0.25) is 10.1 Å². The lowest BCUT2D eigenvalue weighted by Crippen LogP contribution is -2.08. The summed E-state index contributed by atoms with van der Waals surface area (Å²) in [6, 6.07) is 4.86. The lowest BCUT2D eigenvalue weighted by Gasteiger charge is -2.13. The highest BCUT2D eigenvalue weighted by atomic mass is 35.8. The third kappa shape index (κ3) is 7.79. The van der Waals surface area contributed by atoms with Crippen LogP contribution in [-0.2, 0) is 4.74 Å². The molecule has 0 aliphatic carbocycles. The number of benzene rings is 1. The van der Waals surface area contributed by atoms with Crippen molar-refractivity contribution in [2.45, 2.75) is 44.8 Å². The van der Waals surface area contributed by atoms with Crippen molar-refractivity contribution in [3.05, 3.63) is 39.9 Å². The van der Waals surface area contributed by atoms with Gasteiger partial charge in [0.15, 0.2) is 0 Å². The number of halogens is 3. The molecule has 1 unspecified atom stereocenters. The van der Waals surface area contributed by atoms with Crippen LogP contribution in [0.1, 0.15) is 44.3 Å². The Morgan fingerprint density at radius 1 is 1.18 bits per heavy atom. The maximum atomic E-state index is 11.0. The molecule has 0 spiro atoms. The van der Waals surface area contributed by atoms with Gasteiger partial charge < -0.3 is 4.74 Å². The van der Waals surface area contributed by atoms with Crippen molar-refractivity contribution < 1.29 is 9.66 Å². The van der Waals surface area contributed by atoms with Gasteiger partial charge in [0.1, 0.15) is 0 Å². The van der Waals surface area contributed by atoms with Crippen molar-refractivity contribution in [3.8, 4) is 0 Å². The van der Waals surface area contributed by atoms with E-state index in [2.05, 4.69) is 0 Å². The van der Waals surface area contributed by atoms with Crippen molar-refractivity contribution >= 4 is 44.9 Å². The van der Waals surface area contributed by atoms with Gasteiger partial charge in [0, 0.05) is 12.7 Å². The van der Waals surface area contributed by atoms with Crippen molar-refractivity contribution in [3.63, 3.8) is 0 Å². The number of nitro groups is 1. The van der Waals surface area contributed by atoms with Gasteiger partial charge in [-0.1, -0.05) is 31.4 Å². The van der Waals surface area contributed by atoms with E-state index in [1.54, 1.807) is 18.2 Å². The number of hydrogen-bond acceptors (Lipinski definition) is 3. The van der Waals surface area contributed by atoms with Crippen molar-refractivity contribution in [2.75, 3.05) is 6.61 Å². The molecule has 124 valence electrons. The van der Waals surface area contributed by atoms with Gasteiger partial charge in [0.25, 0.3) is 5.69 Å². The summed E-state index contributed by atoms with van der Waals surface area (Å²) < 4.78 is 5.69. The van der Waals surface area contributed by atoms with Gasteiger partial charge in [-0.2, -0.15) is 0 Å². The first-order chi connectivity index (χ1) is 10.3. The number of nitrogens with zero attached hydrogens (tertiary/aromatic N) is 1. The average molecular weight is 385 g/mol. The van der Waals surface area contributed by atoms with E-state index in [0.29, 0.717) is 18.2 Å². The summed E-state index contributed by atoms with van der Waals surface area (Å²) in [6.45, 7) is 2.40. The van der Waals surface area contributed by atoms with Crippen LogP contribution in [0.4, 0.5) is 5.69 Å². The molecule has 8 heteroatoms. The van der Waals surface area contributed by atoms with E-state index >= 15 is 0 Å². The third-order valence-electron chi connectivity index (χ3n) is 3.29. The molecule has 22 heavy (non-hydrogen) atoms. The number of rotatable bonds is 10. The highest BCUT2D eigenvalue weighted by molar-refractivity contribution is 7.64. The summed E-state index contributed by atoms with van der Waals surface area (Å²) in [6.07, 6.45) is 3.52. The zero-order chi connectivity index (χ0) is 16.6. The normalized spacial score (nSPS) is 13.1. The van der Waals surface area contributed by atoms with E-state index in [1.807, 2.05) is 6.92 Å². The summed E-state index contributed by atoms with van der Waals surface area (Å²) in [5.41, 5.74) is 0.706. The quantitative estimate of drug-likeness (QED) is 0.166. The number of nitro benzene ring substituents is 1. The zero-order valence-electron chi connectivity index (χ0n) is 12.4. The first-order valence-electron chi connectivity index (χ1n) is 7.23. The van der Waals surface area contributed by atoms with Crippen LogP contribution in [0.2, 0.25) is 6.04 Å². The topological polar surface area (TPSA) is 52.4 Å². The minimum atomic E-state index is -2.48. The molecule has 0 aliphatic heterocycles. The number of hydrogen-bond donors (Lipinski definition) is 0. The van der Waals surface area contributed by atoms with Crippen LogP contribution in [0.5, 0.6) is 0 Å². The second kappa shape index (κ2) is 9.73. The van der Waals surface area contributed by atoms with Crippen molar-refractivity contribution in [2.24, 2.45) is 0 Å². The summed E-state index contributed by atoms with van der Waals surface area (Å²) in [4.78, 5) is 10.6. The Labute approximate surface area is 146 Å². The van der Waals surface area contributed by atoms with Crippen molar-refractivity contribution in [1.82, 2.24) is 0 Å². The van der Waals surface area contributed by atoms with Gasteiger partial charge in [0.2, 0.25) is 0 Å². The Hall–Kier alpha value is -0.333. The van der Waals surface area contributed by atoms with E-state index < -0.39 is 6.00 Å². The summed E-state index contributed by atoms with van der Waals surface area (Å²) in [7, 11) is 0. The highest BCUT2D eigenvalue weighted by Crippen LogP contribution is 2.28. The number of unbranched alkanes of at least 4 members (excludes halogenated alkanes) is 3. The highest BCUT2D eigenvalue weighted by Gasteiger charge is 2.23. The molecule has 0 heterocycles. The molecule has 1 atom stereocenters. The van der Waals surface area contributed by atoms with Gasteiger partial charge in [-0.25, -0.2) is 0 Å². The van der Waals surface area contributed by atoms with Crippen LogP contribution >= 0.6 is 33.2 Å². The Morgan fingerprint density at radius 2 is 1.82 bits per heavy atom. The third-order valence-corrected chi connectivity index (χ3v) is 5.92. The fraction of sp³-hybridized carbons (Fsp3) is 0.571. The summed E-state index contributed by atoms with van der Waals surface area (Å²) in [5, 5.41) is 11.0. The lowest BCUT2D eigenvalue weighted by atomic mass is 10.1. The Morgan fingerprint density at radius 3 is 2.45 bits per heavy atom. The molecular formula is C14H20Cl3NO3Si. The summed E-state index contributed by atoms with van der Waals surface area (Å²) in [5.74, 6) is 0. The number of para-hydroxylation sites is 1. The Bertz CT molecular complexity index is 483. The fourth-order valence-electron chi connectivity index (χ4n) is 2.13. The molecule has 0 aliphatic rings. The second-order valence-corrected chi connectivity index (χ2v) is 14.4. The molecule has 0 bridgehead atoms. The Balaban J connectivity index is 2.27. The van der Waals surface area contributed by atoms with Crippen molar-refractivity contribution in [1.29, 1.82) is 0 Å².